The molecule has 0 radical (unpaired) electrons. The normalized spacial score (nSPS) is 12.3. The number of H-pyrrole nitrogens is 1. The van der Waals surface area contributed by atoms with E-state index in [2.05, 4.69) is 10.2 Å². The van der Waals surface area contributed by atoms with Crippen molar-refractivity contribution in [3.05, 3.63) is 93.9 Å². The summed E-state index contributed by atoms with van der Waals surface area (Å²) in [6.07, 6.45) is -0.787. The molecule has 3 aromatic carbocycles. The molecule has 0 bridgehead atoms. The number of phenols is 2. The van der Waals surface area contributed by atoms with Crippen LogP contribution in [0.3, 0.4) is 0 Å². The minimum absolute atomic E-state index is 0.0113. The highest BCUT2D eigenvalue weighted by molar-refractivity contribution is 5.69. The van der Waals surface area contributed by atoms with Gasteiger partial charge in [-0.2, -0.15) is 5.10 Å². The van der Waals surface area contributed by atoms with Crippen molar-refractivity contribution < 1.29 is 15.3 Å². The highest BCUT2D eigenvalue weighted by Crippen LogP contribution is 2.37. The van der Waals surface area contributed by atoms with E-state index in [1.165, 1.54) is 10.6 Å². The standard InChI is InChI=1S/C24H23N3O4/c1-14(2)18-12-19(21(29)13-20(18)28)23-25-26-24(31)27(23)17-10-8-16(9-11-17)22(30)15-6-4-3-5-7-15/h3-14,22,28-30H,1-2H3,(H,26,31). The van der Waals surface area contributed by atoms with Gasteiger partial charge in [0.1, 0.15) is 17.6 Å². The van der Waals surface area contributed by atoms with Crippen molar-refractivity contribution in [2.45, 2.75) is 25.9 Å². The second-order valence-corrected chi connectivity index (χ2v) is 7.68. The molecule has 0 aliphatic carbocycles. The number of nitrogens with zero attached hydrogens (tertiary/aromatic N) is 2. The first-order chi connectivity index (χ1) is 14.9. The number of hydrogen-bond donors (Lipinski definition) is 4. The predicted octanol–water partition coefficient (Wildman–Crippen LogP) is 3.84. The molecule has 0 fully saturated rings. The molecule has 7 nitrogen and oxygen atoms in total. The Morgan fingerprint density at radius 3 is 2.19 bits per heavy atom. The van der Waals surface area contributed by atoms with Gasteiger partial charge in [-0.25, -0.2) is 14.5 Å². The predicted molar refractivity (Wildman–Crippen MR) is 118 cm³/mol. The number of nitrogens with one attached hydrogen (secondary N) is 1. The van der Waals surface area contributed by atoms with E-state index in [0.29, 0.717) is 22.4 Å². The first kappa shape index (κ1) is 20.4. The number of aromatic hydroxyl groups is 2. The zero-order chi connectivity index (χ0) is 22.1. The van der Waals surface area contributed by atoms with Crippen molar-refractivity contribution >= 4 is 0 Å². The number of aliphatic hydroxyl groups is 1. The van der Waals surface area contributed by atoms with Gasteiger partial charge < -0.3 is 15.3 Å². The van der Waals surface area contributed by atoms with E-state index < -0.39 is 11.8 Å². The molecule has 0 aliphatic rings. The van der Waals surface area contributed by atoms with Crippen molar-refractivity contribution in [2.75, 3.05) is 0 Å². The van der Waals surface area contributed by atoms with Gasteiger partial charge in [-0.1, -0.05) is 56.3 Å². The summed E-state index contributed by atoms with van der Waals surface area (Å²) in [7, 11) is 0. The lowest BCUT2D eigenvalue weighted by Gasteiger charge is -2.14. The average molecular weight is 417 g/mol. The lowest BCUT2D eigenvalue weighted by Crippen LogP contribution is -2.16. The maximum atomic E-state index is 12.5. The van der Waals surface area contributed by atoms with Crippen molar-refractivity contribution in [2.24, 2.45) is 0 Å². The fourth-order valence-corrected chi connectivity index (χ4v) is 3.59. The highest BCUT2D eigenvalue weighted by Gasteiger charge is 2.20. The van der Waals surface area contributed by atoms with Gasteiger partial charge in [-0.3, -0.25) is 0 Å². The van der Waals surface area contributed by atoms with Crippen LogP contribution in [0.5, 0.6) is 11.5 Å². The molecule has 4 aromatic rings. The Balaban J connectivity index is 1.76. The Hall–Kier alpha value is -3.84. The van der Waals surface area contributed by atoms with Crippen LogP contribution in [0.25, 0.3) is 17.1 Å². The molecular formula is C24H23N3O4. The van der Waals surface area contributed by atoms with Crippen LogP contribution in [-0.2, 0) is 0 Å². The number of aliphatic hydroxyl groups excluding tert-OH is 1. The Morgan fingerprint density at radius 2 is 1.55 bits per heavy atom. The van der Waals surface area contributed by atoms with Crippen molar-refractivity contribution in [1.82, 2.24) is 14.8 Å². The second-order valence-electron chi connectivity index (χ2n) is 7.68. The first-order valence-corrected chi connectivity index (χ1v) is 9.94. The van der Waals surface area contributed by atoms with Crippen molar-refractivity contribution in [3.63, 3.8) is 0 Å². The molecule has 0 saturated carbocycles. The Bertz CT molecular complexity index is 1260. The maximum Gasteiger partial charge on any atom is 0.348 e. The minimum Gasteiger partial charge on any atom is -0.508 e. The lowest BCUT2D eigenvalue weighted by molar-refractivity contribution is 0.220. The zero-order valence-corrected chi connectivity index (χ0v) is 17.1. The maximum absolute atomic E-state index is 12.5. The van der Waals surface area contributed by atoms with Gasteiger partial charge in [0.25, 0.3) is 0 Å². The largest absolute Gasteiger partial charge is 0.508 e. The Morgan fingerprint density at radius 1 is 0.903 bits per heavy atom. The van der Waals surface area contributed by atoms with Crippen LogP contribution >= 0.6 is 0 Å². The molecule has 1 heterocycles. The lowest BCUT2D eigenvalue weighted by atomic mass is 9.98. The fraction of sp³-hybridized carbons (Fsp3) is 0.167. The first-order valence-electron chi connectivity index (χ1n) is 9.94. The third kappa shape index (κ3) is 3.83. The van der Waals surface area contributed by atoms with Gasteiger partial charge in [-0.05, 0) is 40.8 Å². The summed E-state index contributed by atoms with van der Waals surface area (Å²) in [5.74, 6) is 0.0381. The smallest absolute Gasteiger partial charge is 0.348 e. The van der Waals surface area contributed by atoms with Crippen LogP contribution in [0.2, 0.25) is 0 Å². The molecule has 31 heavy (non-hydrogen) atoms. The molecule has 4 rings (SSSR count). The molecule has 1 atom stereocenters. The van der Waals surface area contributed by atoms with Crippen LogP contribution in [-0.4, -0.2) is 30.1 Å². The number of phenolic OH excluding ortho intramolecular Hbond substituents is 2. The van der Waals surface area contributed by atoms with E-state index in [1.54, 1.807) is 30.3 Å². The summed E-state index contributed by atoms with van der Waals surface area (Å²) >= 11 is 0. The summed E-state index contributed by atoms with van der Waals surface area (Å²) in [5.41, 5.74) is 2.47. The van der Waals surface area contributed by atoms with Crippen molar-refractivity contribution in [3.8, 4) is 28.6 Å². The van der Waals surface area contributed by atoms with Gasteiger partial charge in [0.05, 0.1) is 11.3 Å². The Kier molecular flexibility index (Phi) is 5.35. The van der Waals surface area contributed by atoms with E-state index >= 15 is 0 Å². The molecule has 0 spiro atoms. The van der Waals surface area contributed by atoms with Gasteiger partial charge in [0.2, 0.25) is 0 Å². The molecule has 0 aliphatic heterocycles. The SMILES string of the molecule is CC(C)c1cc(-c2n[nH]c(=O)n2-c2ccc(C(O)c3ccccc3)cc2)c(O)cc1O. The fourth-order valence-electron chi connectivity index (χ4n) is 3.59. The van der Waals surface area contributed by atoms with Gasteiger partial charge in [0, 0.05) is 6.07 Å². The third-order valence-corrected chi connectivity index (χ3v) is 5.26. The highest BCUT2D eigenvalue weighted by atomic mass is 16.3. The third-order valence-electron chi connectivity index (χ3n) is 5.26. The average Bonchev–Trinajstić information content (AvgIpc) is 3.15. The van der Waals surface area contributed by atoms with Gasteiger partial charge >= 0.3 is 5.69 Å². The molecule has 0 amide bonds. The van der Waals surface area contributed by atoms with Crippen LogP contribution in [0.4, 0.5) is 0 Å². The van der Waals surface area contributed by atoms with E-state index in [9.17, 15) is 20.1 Å². The minimum atomic E-state index is -0.787. The molecule has 7 heteroatoms. The number of aromatic nitrogens is 3. The summed E-state index contributed by atoms with van der Waals surface area (Å²) < 4.78 is 1.34. The van der Waals surface area contributed by atoms with E-state index in [1.807, 2.05) is 44.2 Å². The topological polar surface area (TPSA) is 111 Å². The second kappa shape index (κ2) is 8.12. The van der Waals surface area contributed by atoms with Crippen LogP contribution in [0, 0.1) is 0 Å². The molecule has 1 aromatic heterocycles. The van der Waals surface area contributed by atoms with E-state index in [0.717, 1.165) is 5.56 Å². The number of benzene rings is 3. The summed E-state index contributed by atoms with van der Waals surface area (Å²) in [6.45, 7) is 3.84. The van der Waals surface area contributed by atoms with Crippen LogP contribution in [0.15, 0.2) is 71.5 Å². The summed E-state index contributed by atoms with van der Waals surface area (Å²) in [6, 6.07) is 19.1. The van der Waals surface area contributed by atoms with Gasteiger partial charge in [0.15, 0.2) is 5.82 Å². The molecule has 1 unspecified atom stereocenters. The van der Waals surface area contributed by atoms with Crippen LogP contribution in [0.1, 0.15) is 42.6 Å². The quantitative estimate of drug-likeness (QED) is 0.394. The van der Waals surface area contributed by atoms with Crippen molar-refractivity contribution in [1.29, 1.82) is 0 Å². The Labute approximate surface area is 178 Å². The number of aromatic amines is 1. The zero-order valence-electron chi connectivity index (χ0n) is 17.1. The van der Waals surface area contributed by atoms with Gasteiger partial charge in [-0.15, -0.1) is 0 Å². The number of hydrogen-bond acceptors (Lipinski definition) is 5. The summed E-state index contributed by atoms with van der Waals surface area (Å²) in [4.78, 5) is 12.5. The van der Waals surface area contributed by atoms with E-state index in [4.69, 9.17) is 0 Å². The summed E-state index contributed by atoms with van der Waals surface area (Å²) in [5, 5.41) is 37.6. The molecular weight excluding hydrogens is 394 g/mol. The number of rotatable bonds is 5. The molecule has 0 saturated heterocycles. The monoisotopic (exact) mass is 417 g/mol. The van der Waals surface area contributed by atoms with Crippen LogP contribution < -0.4 is 5.69 Å². The molecule has 158 valence electrons. The molecule has 4 N–H and O–H groups in total. The van der Waals surface area contributed by atoms with E-state index in [-0.39, 0.29) is 23.2 Å².